The molecule has 10 nitrogen and oxygen atoms in total. The van der Waals surface area contributed by atoms with E-state index < -0.39 is 29.7 Å². The molecule has 0 fully saturated rings. The number of hydrogen-bond donors (Lipinski definition) is 2. The Morgan fingerprint density at radius 3 is 2.14 bits per heavy atom. The van der Waals surface area contributed by atoms with Gasteiger partial charge in [0.25, 0.3) is 11.8 Å². The molecule has 4 amide bonds. The van der Waals surface area contributed by atoms with Crippen LogP contribution in [0, 0.1) is 17.3 Å². The van der Waals surface area contributed by atoms with Crippen LogP contribution in [-0.2, 0) is 33.5 Å². The van der Waals surface area contributed by atoms with Crippen molar-refractivity contribution in [3.63, 3.8) is 0 Å². The zero-order chi connectivity index (χ0) is 26.8. The topological polar surface area (TPSA) is 139 Å². The fraction of sp³-hybridized carbons (Fsp3) is 0.680. The molecule has 0 radical (unpaired) electrons. The fourth-order valence-electron chi connectivity index (χ4n) is 3.24. The van der Waals surface area contributed by atoms with E-state index in [0.717, 1.165) is 17.1 Å². The molecule has 0 aromatic heterocycles. The summed E-state index contributed by atoms with van der Waals surface area (Å²) in [6.45, 7) is 11.6. The number of amides is 4. The van der Waals surface area contributed by atoms with Crippen molar-refractivity contribution in [1.29, 1.82) is 0 Å². The molecule has 0 spiro atoms. The highest BCUT2D eigenvalue weighted by atomic mass is 16.5. The summed E-state index contributed by atoms with van der Waals surface area (Å²) >= 11 is 0. The van der Waals surface area contributed by atoms with Crippen LogP contribution in [0.2, 0.25) is 0 Å². The first-order chi connectivity index (χ1) is 16.2. The molecule has 2 atom stereocenters. The number of hydrogen-bond acceptors (Lipinski definition) is 7. The molecule has 0 bridgehead atoms. The minimum Gasteiger partial charge on any atom is -0.465 e. The maximum Gasteiger partial charge on any atom is 0.305 e. The van der Waals surface area contributed by atoms with Gasteiger partial charge in [-0.15, -0.1) is 0 Å². The number of esters is 1. The number of nitrogens with one attached hydrogen (secondary N) is 2. The Balaban J connectivity index is 2.41. The number of nitrogens with zero attached hydrogens (tertiary/aromatic N) is 1. The van der Waals surface area contributed by atoms with Crippen molar-refractivity contribution in [1.82, 2.24) is 15.5 Å². The average Bonchev–Trinajstić information content (AvgIpc) is 3.08. The third-order valence-electron chi connectivity index (χ3n) is 5.27. The Bertz CT molecular complexity index is 824. The van der Waals surface area contributed by atoms with Crippen molar-refractivity contribution in [3.05, 3.63) is 12.2 Å². The maximum absolute atomic E-state index is 12.8. The molecule has 2 N–H and O–H groups in total. The van der Waals surface area contributed by atoms with Crippen LogP contribution < -0.4 is 10.6 Å². The molecule has 35 heavy (non-hydrogen) atoms. The van der Waals surface area contributed by atoms with Crippen LogP contribution in [0.5, 0.6) is 0 Å². The summed E-state index contributed by atoms with van der Waals surface area (Å²) in [5, 5.41) is 5.38. The van der Waals surface area contributed by atoms with Gasteiger partial charge in [-0.2, -0.15) is 0 Å². The van der Waals surface area contributed by atoms with Crippen LogP contribution in [0.3, 0.4) is 0 Å². The highest BCUT2D eigenvalue weighted by molar-refractivity contribution is 6.13. The first-order valence-electron chi connectivity index (χ1n) is 12.0. The summed E-state index contributed by atoms with van der Waals surface area (Å²) in [5.74, 6) is -3.13. The van der Waals surface area contributed by atoms with E-state index in [1.54, 1.807) is 20.8 Å². The van der Waals surface area contributed by atoms with Crippen molar-refractivity contribution in [3.8, 4) is 0 Å². The fourth-order valence-corrected chi connectivity index (χ4v) is 3.24. The molecule has 0 saturated heterocycles. The number of imide groups is 1. The number of ketones is 1. The van der Waals surface area contributed by atoms with Crippen molar-refractivity contribution in [2.75, 3.05) is 19.7 Å². The summed E-state index contributed by atoms with van der Waals surface area (Å²) in [5.41, 5.74) is -0.109. The van der Waals surface area contributed by atoms with Gasteiger partial charge in [0.2, 0.25) is 11.8 Å². The molecule has 1 rings (SSSR count). The van der Waals surface area contributed by atoms with E-state index in [4.69, 9.17) is 4.74 Å². The summed E-state index contributed by atoms with van der Waals surface area (Å²) in [6, 6.07) is -0.793. The first-order valence-corrected chi connectivity index (χ1v) is 12.0. The molecule has 10 heteroatoms. The molecule has 196 valence electrons. The van der Waals surface area contributed by atoms with E-state index >= 15 is 0 Å². The Kier molecular flexibility index (Phi) is 11.8. The van der Waals surface area contributed by atoms with E-state index in [1.807, 2.05) is 20.8 Å². The van der Waals surface area contributed by atoms with Crippen LogP contribution in [0.4, 0.5) is 0 Å². The lowest BCUT2D eigenvalue weighted by atomic mass is 9.92. The van der Waals surface area contributed by atoms with Gasteiger partial charge >= 0.3 is 5.97 Å². The molecule has 0 aliphatic carbocycles. The molecule has 0 saturated carbocycles. The summed E-state index contributed by atoms with van der Waals surface area (Å²) in [6.07, 6.45) is 2.73. The van der Waals surface area contributed by atoms with Gasteiger partial charge in [-0.05, 0) is 17.8 Å². The molecule has 0 aromatic carbocycles. The van der Waals surface area contributed by atoms with E-state index in [0.29, 0.717) is 13.0 Å². The molecule has 0 unspecified atom stereocenters. The zero-order valence-electron chi connectivity index (χ0n) is 21.6. The van der Waals surface area contributed by atoms with Gasteiger partial charge in [0.05, 0.1) is 12.6 Å². The standard InChI is InChI=1S/C25H39N3O7/c1-16(2)23(27-19(30)11-13-28-20(31)9-10-21(28)32)18(29)14-17(3)24(34)26-12-7-8-22(33)35-15-25(4,5)6/h9-10,16-17,23H,7-8,11-15H2,1-6H3,(H,26,34)(H,27,30)/t17-,23+/m1/s1. The van der Waals surface area contributed by atoms with Gasteiger partial charge in [0.15, 0.2) is 5.78 Å². The lowest BCUT2D eigenvalue weighted by molar-refractivity contribution is -0.146. The lowest BCUT2D eigenvalue weighted by Gasteiger charge is -2.23. The van der Waals surface area contributed by atoms with Gasteiger partial charge in [0.1, 0.15) is 0 Å². The van der Waals surface area contributed by atoms with Gasteiger partial charge < -0.3 is 15.4 Å². The van der Waals surface area contributed by atoms with Crippen LogP contribution >= 0.6 is 0 Å². The second-order valence-electron chi connectivity index (χ2n) is 10.4. The highest BCUT2D eigenvalue weighted by Crippen LogP contribution is 2.14. The highest BCUT2D eigenvalue weighted by Gasteiger charge is 2.29. The van der Waals surface area contributed by atoms with Crippen LogP contribution in [0.15, 0.2) is 12.2 Å². The van der Waals surface area contributed by atoms with Crippen LogP contribution in [0.25, 0.3) is 0 Å². The molecule has 0 aromatic rings. The van der Waals surface area contributed by atoms with Gasteiger partial charge in [-0.1, -0.05) is 41.5 Å². The van der Waals surface area contributed by atoms with Gasteiger partial charge in [-0.3, -0.25) is 33.7 Å². The molecule has 1 aliphatic rings. The molecule has 1 heterocycles. The zero-order valence-corrected chi connectivity index (χ0v) is 21.6. The molecular weight excluding hydrogens is 454 g/mol. The first kappa shape index (κ1) is 30.0. The third-order valence-corrected chi connectivity index (χ3v) is 5.27. The van der Waals surface area contributed by atoms with Crippen molar-refractivity contribution in [2.45, 2.75) is 73.3 Å². The second-order valence-corrected chi connectivity index (χ2v) is 10.4. The summed E-state index contributed by atoms with van der Waals surface area (Å²) < 4.78 is 5.18. The SMILES string of the molecule is CC(C)[C@H](NC(=O)CCN1C(=O)C=CC1=O)C(=O)C[C@@H](C)C(=O)NCCCC(=O)OCC(C)(C)C. The Hall–Kier alpha value is -3.04. The van der Waals surface area contributed by atoms with E-state index in [-0.39, 0.29) is 61.3 Å². The van der Waals surface area contributed by atoms with Crippen molar-refractivity contribution < 1.29 is 33.5 Å². The maximum atomic E-state index is 12.8. The predicted molar refractivity (Wildman–Crippen MR) is 129 cm³/mol. The monoisotopic (exact) mass is 493 g/mol. The minimum atomic E-state index is -0.793. The summed E-state index contributed by atoms with van der Waals surface area (Å²) in [7, 11) is 0. The van der Waals surface area contributed by atoms with E-state index in [9.17, 15) is 28.8 Å². The van der Waals surface area contributed by atoms with Gasteiger partial charge in [-0.25, -0.2) is 0 Å². The number of ether oxygens (including phenoxy) is 1. The summed E-state index contributed by atoms with van der Waals surface area (Å²) in [4.78, 5) is 73.4. The quantitative estimate of drug-likeness (QED) is 0.212. The normalized spacial score (nSPS) is 15.2. The van der Waals surface area contributed by atoms with E-state index in [1.165, 1.54) is 0 Å². The molecular formula is C25H39N3O7. The van der Waals surface area contributed by atoms with Crippen LogP contribution in [0.1, 0.15) is 67.2 Å². The smallest absolute Gasteiger partial charge is 0.305 e. The Labute approximate surface area is 207 Å². The van der Waals surface area contributed by atoms with Crippen molar-refractivity contribution in [2.24, 2.45) is 17.3 Å². The Morgan fingerprint density at radius 2 is 1.60 bits per heavy atom. The van der Waals surface area contributed by atoms with E-state index in [2.05, 4.69) is 10.6 Å². The number of rotatable bonds is 14. The number of Topliss-reactive ketones (excluding diaryl/α,β-unsaturated/α-hetero) is 1. The predicted octanol–water partition coefficient (Wildman–Crippen LogP) is 1.52. The molecule has 1 aliphatic heterocycles. The number of carbonyl (C=O) groups excluding carboxylic acids is 6. The van der Waals surface area contributed by atoms with Crippen molar-refractivity contribution >= 4 is 35.4 Å². The average molecular weight is 494 g/mol. The second kappa shape index (κ2) is 13.7. The van der Waals surface area contributed by atoms with Gasteiger partial charge in [0, 0.05) is 50.4 Å². The third kappa shape index (κ3) is 11.3. The minimum absolute atomic E-state index is 0.0599. The largest absolute Gasteiger partial charge is 0.465 e. The Morgan fingerprint density at radius 1 is 1.00 bits per heavy atom. The lowest BCUT2D eigenvalue weighted by Crippen LogP contribution is -2.46. The van der Waals surface area contributed by atoms with Crippen LogP contribution in [-0.4, -0.2) is 66.0 Å². The number of carbonyl (C=O) groups is 6.